The van der Waals surface area contributed by atoms with Crippen LogP contribution in [0.5, 0.6) is 0 Å². The van der Waals surface area contributed by atoms with E-state index in [2.05, 4.69) is 5.10 Å². The number of nitrogens with zero attached hydrogens (tertiary/aromatic N) is 2. The number of aryl methyl sites for hydroxylation is 1. The number of carboxylic acids is 1. The van der Waals surface area contributed by atoms with Crippen molar-refractivity contribution in [2.45, 2.75) is 0 Å². The van der Waals surface area contributed by atoms with E-state index in [1.807, 2.05) is 0 Å². The van der Waals surface area contributed by atoms with Gasteiger partial charge in [0.1, 0.15) is 0 Å². The Morgan fingerprint density at radius 2 is 2.40 bits per heavy atom. The topological polar surface area (TPSA) is 55.1 Å². The van der Waals surface area contributed by atoms with Crippen LogP contribution in [0.3, 0.4) is 0 Å². The van der Waals surface area contributed by atoms with E-state index in [1.54, 1.807) is 7.05 Å². The van der Waals surface area contributed by atoms with Crippen molar-refractivity contribution in [3.63, 3.8) is 0 Å². The maximum atomic E-state index is 10.2. The normalized spacial score (nSPS) is 8.50. The molecule has 10 heavy (non-hydrogen) atoms. The van der Waals surface area contributed by atoms with E-state index in [-0.39, 0.29) is 35.1 Å². The first-order valence-electron chi connectivity index (χ1n) is 2.42. The summed E-state index contributed by atoms with van der Waals surface area (Å²) in [6.45, 7) is 0. The van der Waals surface area contributed by atoms with Gasteiger partial charge in [-0.05, 0) is 0 Å². The van der Waals surface area contributed by atoms with E-state index in [1.165, 1.54) is 17.1 Å². The zero-order valence-corrected chi connectivity index (χ0v) is 7.90. The average Bonchev–Trinajstić information content (AvgIpc) is 2.14. The Hall–Kier alpha value is -0.320. The standard InChI is InChI=1S/C5H6N2O2.Na/c1-7-3-4(2-6-7)5(8)9;/h2-3H,1H3,(H,8,9);. The van der Waals surface area contributed by atoms with Crippen LogP contribution in [-0.4, -0.2) is 50.4 Å². The Kier molecular flexibility index (Phi) is 3.63. The van der Waals surface area contributed by atoms with Crippen LogP contribution in [0.25, 0.3) is 0 Å². The van der Waals surface area contributed by atoms with E-state index < -0.39 is 5.97 Å². The molecule has 0 aliphatic rings. The number of aromatic nitrogens is 2. The molecule has 0 bridgehead atoms. The molecule has 0 atom stereocenters. The minimum Gasteiger partial charge on any atom is -0.478 e. The van der Waals surface area contributed by atoms with Crippen molar-refractivity contribution in [1.82, 2.24) is 9.78 Å². The zero-order valence-electron chi connectivity index (χ0n) is 5.90. The van der Waals surface area contributed by atoms with Gasteiger partial charge in [-0.1, -0.05) is 0 Å². The summed E-state index contributed by atoms with van der Waals surface area (Å²) in [6.07, 6.45) is 2.75. The third-order valence-corrected chi connectivity index (χ3v) is 0.952. The SMILES string of the molecule is Cn1cc(C(=O)O)cn1.[Na]. The monoisotopic (exact) mass is 149 g/mol. The van der Waals surface area contributed by atoms with E-state index in [0.717, 1.165) is 0 Å². The molecule has 1 aromatic heterocycles. The smallest absolute Gasteiger partial charge is 0.338 e. The summed E-state index contributed by atoms with van der Waals surface area (Å²) in [6, 6.07) is 0. The van der Waals surface area contributed by atoms with Crippen molar-refractivity contribution in [3.05, 3.63) is 18.0 Å². The fourth-order valence-electron chi connectivity index (χ4n) is 0.532. The van der Waals surface area contributed by atoms with Crippen molar-refractivity contribution in [3.8, 4) is 0 Å². The molecular formula is C5H6N2NaO2. The van der Waals surface area contributed by atoms with E-state index in [9.17, 15) is 4.79 Å². The van der Waals surface area contributed by atoms with Gasteiger partial charge >= 0.3 is 5.97 Å². The first kappa shape index (κ1) is 9.68. The Bertz CT molecular complexity index is 233. The van der Waals surface area contributed by atoms with E-state index in [4.69, 9.17) is 5.11 Å². The molecule has 0 unspecified atom stereocenters. The number of carbonyl (C=O) groups is 1. The molecule has 49 valence electrons. The van der Waals surface area contributed by atoms with Gasteiger partial charge in [0.25, 0.3) is 0 Å². The molecule has 0 spiro atoms. The van der Waals surface area contributed by atoms with Crippen LogP contribution in [0.1, 0.15) is 10.4 Å². The molecule has 0 aliphatic heterocycles. The Morgan fingerprint density at radius 1 is 1.80 bits per heavy atom. The van der Waals surface area contributed by atoms with Crippen LogP contribution in [-0.2, 0) is 7.05 Å². The van der Waals surface area contributed by atoms with Gasteiger partial charge in [-0.15, -0.1) is 0 Å². The molecule has 1 heterocycles. The van der Waals surface area contributed by atoms with Crippen LogP contribution < -0.4 is 0 Å². The molecule has 4 nitrogen and oxygen atoms in total. The second kappa shape index (κ2) is 3.75. The summed E-state index contributed by atoms with van der Waals surface area (Å²) in [4.78, 5) is 10.2. The molecule has 1 radical (unpaired) electrons. The molecule has 1 aromatic rings. The van der Waals surface area contributed by atoms with Crippen molar-refractivity contribution in [2.75, 3.05) is 0 Å². The maximum absolute atomic E-state index is 10.2. The van der Waals surface area contributed by atoms with Crippen molar-refractivity contribution >= 4 is 35.5 Å². The summed E-state index contributed by atoms with van der Waals surface area (Å²) < 4.78 is 1.45. The van der Waals surface area contributed by atoms with Crippen LogP contribution in [0.4, 0.5) is 0 Å². The average molecular weight is 149 g/mol. The zero-order chi connectivity index (χ0) is 6.85. The van der Waals surface area contributed by atoms with Gasteiger partial charge in [-0.2, -0.15) is 5.10 Å². The number of hydrogen-bond acceptors (Lipinski definition) is 2. The molecule has 0 aliphatic carbocycles. The fourth-order valence-corrected chi connectivity index (χ4v) is 0.532. The fraction of sp³-hybridized carbons (Fsp3) is 0.200. The first-order valence-corrected chi connectivity index (χ1v) is 2.42. The number of carboxylic acid groups (broad SMARTS) is 1. The Morgan fingerprint density at radius 3 is 2.60 bits per heavy atom. The predicted octanol–water partition coefficient (Wildman–Crippen LogP) is -0.263. The number of hydrogen-bond donors (Lipinski definition) is 1. The third-order valence-electron chi connectivity index (χ3n) is 0.952. The van der Waals surface area contributed by atoms with Gasteiger partial charge in [-0.25, -0.2) is 4.79 Å². The minimum absolute atomic E-state index is 0. The van der Waals surface area contributed by atoms with E-state index in [0.29, 0.717) is 0 Å². The van der Waals surface area contributed by atoms with Crippen LogP contribution in [0, 0.1) is 0 Å². The molecule has 0 amide bonds. The maximum Gasteiger partial charge on any atom is 0.338 e. The molecule has 0 fully saturated rings. The Balaban J connectivity index is 0.000000810. The van der Waals surface area contributed by atoms with Crippen molar-refractivity contribution < 1.29 is 9.90 Å². The summed E-state index contributed by atoms with van der Waals surface area (Å²) in [5, 5.41) is 12.0. The van der Waals surface area contributed by atoms with Gasteiger partial charge in [0.05, 0.1) is 11.8 Å². The number of rotatable bonds is 1. The summed E-state index contributed by atoms with van der Waals surface area (Å²) in [5.74, 6) is -0.942. The molecule has 0 saturated carbocycles. The van der Waals surface area contributed by atoms with Gasteiger partial charge in [0.2, 0.25) is 0 Å². The van der Waals surface area contributed by atoms with Gasteiger partial charge in [0, 0.05) is 42.8 Å². The first-order chi connectivity index (χ1) is 4.20. The van der Waals surface area contributed by atoms with Gasteiger partial charge < -0.3 is 5.11 Å². The Labute approximate surface area is 80.1 Å². The largest absolute Gasteiger partial charge is 0.478 e. The van der Waals surface area contributed by atoms with E-state index >= 15 is 0 Å². The summed E-state index contributed by atoms with van der Waals surface area (Å²) in [7, 11) is 1.67. The molecule has 1 rings (SSSR count). The summed E-state index contributed by atoms with van der Waals surface area (Å²) in [5.41, 5.74) is 0.220. The summed E-state index contributed by atoms with van der Waals surface area (Å²) >= 11 is 0. The quantitative estimate of drug-likeness (QED) is 0.559. The second-order valence-electron chi connectivity index (χ2n) is 1.71. The molecule has 5 heteroatoms. The van der Waals surface area contributed by atoms with Crippen LogP contribution in [0.15, 0.2) is 12.4 Å². The molecule has 1 N–H and O–H groups in total. The predicted molar refractivity (Wildman–Crippen MR) is 35.9 cm³/mol. The minimum atomic E-state index is -0.942. The molecule has 0 saturated heterocycles. The van der Waals surface area contributed by atoms with Crippen LogP contribution in [0.2, 0.25) is 0 Å². The van der Waals surface area contributed by atoms with Gasteiger partial charge in [-0.3, -0.25) is 4.68 Å². The molecule has 0 aromatic carbocycles. The second-order valence-corrected chi connectivity index (χ2v) is 1.71. The van der Waals surface area contributed by atoms with Crippen molar-refractivity contribution in [2.24, 2.45) is 7.05 Å². The number of aromatic carboxylic acids is 1. The molecular weight excluding hydrogens is 143 g/mol. The third kappa shape index (κ3) is 2.13. The van der Waals surface area contributed by atoms with Crippen molar-refractivity contribution in [1.29, 1.82) is 0 Å². The van der Waals surface area contributed by atoms with Gasteiger partial charge in [0.15, 0.2) is 0 Å². The van der Waals surface area contributed by atoms with Crippen LogP contribution >= 0.6 is 0 Å².